The van der Waals surface area contributed by atoms with Gasteiger partial charge in [0, 0.05) is 29.9 Å². The molecule has 5 heteroatoms. The summed E-state index contributed by atoms with van der Waals surface area (Å²) < 4.78 is 0. The zero-order chi connectivity index (χ0) is 20.0. The topological polar surface area (TPSA) is 76.2 Å². The van der Waals surface area contributed by atoms with Crippen LogP contribution in [-0.2, 0) is 16.0 Å². The number of nitrogens with one attached hydrogen (secondary N) is 1. The molecular formula is C23H23N2O3-. The number of hydrogen-bond donors (Lipinski definition) is 1. The Morgan fingerprint density at radius 2 is 1.79 bits per heavy atom. The van der Waals surface area contributed by atoms with E-state index in [2.05, 4.69) is 18.8 Å². The maximum absolute atomic E-state index is 12.5. The highest BCUT2D eigenvalue weighted by Gasteiger charge is 2.39. The van der Waals surface area contributed by atoms with Gasteiger partial charge in [-0.25, -0.2) is 0 Å². The minimum atomic E-state index is -1.23. The Kier molecular flexibility index (Phi) is 4.46. The van der Waals surface area contributed by atoms with E-state index >= 15 is 0 Å². The minimum Gasteiger partial charge on any atom is -0.548 e. The summed E-state index contributed by atoms with van der Waals surface area (Å²) >= 11 is 0. The van der Waals surface area contributed by atoms with Crippen LogP contribution in [0.5, 0.6) is 0 Å². The van der Waals surface area contributed by atoms with Crippen LogP contribution in [-0.4, -0.2) is 27.8 Å². The van der Waals surface area contributed by atoms with E-state index in [4.69, 9.17) is 0 Å². The smallest absolute Gasteiger partial charge is 0.220 e. The van der Waals surface area contributed by atoms with Gasteiger partial charge in [0.05, 0.1) is 18.1 Å². The Morgan fingerprint density at radius 1 is 1.11 bits per heavy atom. The molecule has 1 aliphatic heterocycles. The highest BCUT2D eigenvalue weighted by atomic mass is 16.4. The standard InChI is InChI=1S/C23H24N2O3/c1-13(2)15-8-10-16(11-9-15)22-21-18(17-6-4-5-7-19(17)24-21)12-20(23(27)28)25(22)14(3)26/h4-11,13,20,22,24H,12H2,1-3H3,(H,27,28)/p-1/t20-,22-/m1/s1. The van der Waals surface area contributed by atoms with Gasteiger partial charge >= 0.3 is 0 Å². The van der Waals surface area contributed by atoms with Crippen molar-refractivity contribution in [2.24, 2.45) is 0 Å². The first-order valence-electron chi connectivity index (χ1n) is 9.57. The predicted octanol–water partition coefficient (Wildman–Crippen LogP) is 2.90. The maximum Gasteiger partial charge on any atom is 0.220 e. The van der Waals surface area contributed by atoms with Crippen molar-refractivity contribution in [2.45, 2.75) is 45.2 Å². The van der Waals surface area contributed by atoms with Gasteiger partial charge in [-0.1, -0.05) is 56.3 Å². The lowest BCUT2D eigenvalue weighted by molar-refractivity contribution is -0.312. The molecule has 1 aliphatic rings. The first-order chi connectivity index (χ1) is 13.4. The number of carbonyl (C=O) groups is 2. The number of nitrogens with zero attached hydrogens (tertiary/aromatic N) is 1. The number of hydrogen-bond acceptors (Lipinski definition) is 3. The van der Waals surface area contributed by atoms with E-state index in [0.717, 1.165) is 27.7 Å². The van der Waals surface area contributed by atoms with Crippen molar-refractivity contribution in [3.63, 3.8) is 0 Å². The summed E-state index contributed by atoms with van der Waals surface area (Å²) in [6.45, 7) is 5.66. The van der Waals surface area contributed by atoms with E-state index in [-0.39, 0.29) is 12.3 Å². The fourth-order valence-corrected chi connectivity index (χ4v) is 4.27. The van der Waals surface area contributed by atoms with Crippen LogP contribution in [0.3, 0.4) is 0 Å². The van der Waals surface area contributed by atoms with Crippen molar-refractivity contribution >= 4 is 22.8 Å². The molecular weight excluding hydrogens is 352 g/mol. The van der Waals surface area contributed by atoms with Crippen molar-refractivity contribution in [2.75, 3.05) is 0 Å². The lowest BCUT2D eigenvalue weighted by atomic mass is 9.87. The molecule has 144 valence electrons. The first kappa shape index (κ1) is 18.3. The summed E-state index contributed by atoms with van der Waals surface area (Å²) in [5.74, 6) is -1.12. The molecule has 1 N–H and O–H groups in total. The monoisotopic (exact) mass is 375 g/mol. The number of carboxylic acid groups (broad SMARTS) is 1. The number of aliphatic carboxylic acids is 1. The van der Waals surface area contributed by atoms with Crippen LogP contribution in [0, 0.1) is 0 Å². The van der Waals surface area contributed by atoms with Crippen LogP contribution < -0.4 is 5.11 Å². The third-order valence-corrected chi connectivity index (χ3v) is 5.69. The number of aromatic nitrogens is 1. The van der Waals surface area contributed by atoms with Crippen molar-refractivity contribution in [3.8, 4) is 0 Å². The minimum absolute atomic E-state index is 0.238. The van der Waals surface area contributed by atoms with Crippen LogP contribution in [0.4, 0.5) is 0 Å². The molecule has 2 heterocycles. The summed E-state index contributed by atoms with van der Waals surface area (Å²) in [5, 5.41) is 12.9. The second-order valence-corrected chi connectivity index (χ2v) is 7.75. The van der Waals surface area contributed by atoms with Gasteiger partial charge in [0.15, 0.2) is 0 Å². The number of carboxylic acids is 1. The van der Waals surface area contributed by atoms with E-state index in [1.807, 2.05) is 48.5 Å². The van der Waals surface area contributed by atoms with Gasteiger partial charge in [-0.05, 0) is 28.7 Å². The van der Waals surface area contributed by atoms with E-state index in [9.17, 15) is 14.7 Å². The summed E-state index contributed by atoms with van der Waals surface area (Å²) in [7, 11) is 0. The largest absolute Gasteiger partial charge is 0.548 e. The molecule has 4 rings (SSSR count). The quantitative estimate of drug-likeness (QED) is 0.765. The van der Waals surface area contributed by atoms with Crippen LogP contribution in [0.25, 0.3) is 10.9 Å². The molecule has 0 saturated heterocycles. The van der Waals surface area contributed by atoms with Crippen molar-refractivity contribution < 1.29 is 14.7 Å². The Labute approximate surface area is 164 Å². The second-order valence-electron chi connectivity index (χ2n) is 7.75. The SMILES string of the molecule is CC(=O)N1[C@H](c2ccc(C(C)C)cc2)c2[nH]c3ccccc3c2C[C@@H]1C(=O)[O-]. The molecule has 0 saturated carbocycles. The summed E-state index contributed by atoms with van der Waals surface area (Å²) in [6, 6.07) is 14.4. The number of amides is 1. The van der Waals surface area contributed by atoms with Crippen molar-refractivity contribution in [1.82, 2.24) is 9.88 Å². The number of rotatable bonds is 3. The molecule has 2 atom stereocenters. The summed E-state index contributed by atoms with van der Waals surface area (Å²) in [6.07, 6.45) is 0.238. The average molecular weight is 375 g/mol. The molecule has 3 aromatic rings. The molecule has 1 amide bonds. The number of aromatic amines is 1. The number of para-hydroxylation sites is 1. The highest BCUT2D eigenvalue weighted by molar-refractivity contribution is 5.89. The zero-order valence-electron chi connectivity index (χ0n) is 16.2. The van der Waals surface area contributed by atoms with Crippen molar-refractivity contribution in [1.29, 1.82) is 0 Å². The average Bonchev–Trinajstić information content (AvgIpc) is 3.04. The molecule has 0 bridgehead atoms. The van der Waals surface area contributed by atoms with E-state index in [0.29, 0.717) is 5.92 Å². The van der Waals surface area contributed by atoms with Gasteiger partial charge < -0.3 is 19.8 Å². The first-order valence-corrected chi connectivity index (χ1v) is 9.57. The van der Waals surface area contributed by atoms with E-state index < -0.39 is 18.1 Å². The molecule has 5 nitrogen and oxygen atoms in total. The summed E-state index contributed by atoms with van der Waals surface area (Å²) in [4.78, 5) is 29.3. The van der Waals surface area contributed by atoms with Gasteiger partial charge in [-0.3, -0.25) is 4.79 Å². The molecule has 0 spiro atoms. The normalized spacial score (nSPS) is 19.1. The Morgan fingerprint density at radius 3 is 2.39 bits per heavy atom. The highest BCUT2D eigenvalue weighted by Crippen LogP contribution is 2.41. The lowest BCUT2D eigenvalue weighted by Crippen LogP contribution is -2.55. The number of fused-ring (bicyclic) bond motifs is 3. The van der Waals surface area contributed by atoms with Gasteiger partial charge in [0.1, 0.15) is 0 Å². The molecule has 28 heavy (non-hydrogen) atoms. The van der Waals surface area contributed by atoms with Gasteiger partial charge in [0.2, 0.25) is 5.91 Å². The number of H-pyrrole nitrogens is 1. The van der Waals surface area contributed by atoms with E-state index in [1.54, 1.807) is 0 Å². The second kappa shape index (κ2) is 6.82. The molecule has 0 unspecified atom stereocenters. The van der Waals surface area contributed by atoms with E-state index in [1.165, 1.54) is 17.4 Å². The molecule has 0 radical (unpaired) electrons. The predicted molar refractivity (Wildman–Crippen MR) is 106 cm³/mol. The number of carbonyl (C=O) groups excluding carboxylic acids is 2. The van der Waals surface area contributed by atoms with Gasteiger partial charge in [-0.2, -0.15) is 0 Å². The van der Waals surface area contributed by atoms with Crippen LogP contribution in [0.2, 0.25) is 0 Å². The Balaban J connectivity index is 1.94. The summed E-state index contributed by atoms with van der Waals surface area (Å²) in [5.41, 5.74) is 4.85. The molecule has 1 aromatic heterocycles. The zero-order valence-corrected chi connectivity index (χ0v) is 16.2. The molecule has 0 aliphatic carbocycles. The van der Waals surface area contributed by atoms with Crippen LogP contribution in [0.15, 0.2) is 48.5 Å². The van der Waals surface area contributed by atoms with Gasteiger partial charge in [-0.15, -0.1) is 0 Å². The van der Waals surface area contributed by atoms with Gasteiger partial charge in [0.25, 0.3) is 0 Å². The number of benzene rings is 2. The molecule has 2 aromatic carbocycles. The third-order valence-electron chi connectivity index (χ3n) is 5.69. The third kappa shape index (κ3) is 2.87. The Hall–Kier alpha value is -3.08. The lowest BCUT2D eigenvalue weighted by Gasteiger charge is -2.42. The Bertz CT molecular complexity index is 1050. The fourth-order valence-electron chi connectivity index (χ4n) is 4.27. The fraction of sp³-hybridized carbons (Fsp3) is 0.304. The van der Waals surface area contributed by atoms with Crippen LogP contribution >= 0.6 is 0 Å². The van der Waals surface area contributed by atoms with Crippen LogP contribution in [0.1, 0.15) is 55.1 Å². The molecule has 0 fully saturated rings. The maximum atomic E-state index is 12.5. The van der Waals surface area contributed by atoms with Crippen molar-refractivity contribution in [3.05, 3.63) is 70.9 Å².